The molecule has 1 aliphatic rings. The maximum Gasteiger partial charge on any atom is 0.326 e. The fourth-order valence-electron chi connectivity index (χ4n) is 3.04. The summed E-state index contributed by atoms with van der Waals surface area (Å²) in [5.74, 6) is 0.144. The van der Waals surface area contributed by atoms with Gasteiger partial charge in [-0.05, 0) is 38.6 Å². The Morgan fingerprint density at radius 3 is 2.55 bits per heavy atom. The number of rotatable bonds is 10. The standard InChI is InChI=1S/C15H29NO4/c1-4-9-19-11-12-20-10-7-13-6-5-8-15(13,16-2)14(17)18-3/h13,16H,4-12H2,1-3H3. The average molecular weight is 287 g/mol. The Hall–Kier alpha value is -0.650. The monoisotopic (exact) mass is 287 g/mol. The second-order valence-corrected chi connectivity index (χ2v) is 5.32. The second kappa shape index (κ2) is 9.32. The van der Waals surface area contributed by atoms with Crippen LogP contribution in [-0.2, 0) is 19.0 Å². The third kappa shape index (κ3) is 4.43. The van der Waals surface area contributed by atoms with E-state index in [0.717, 1.165) is 38.7 Å². The van der Waals surface area contributed by atoms with E-state index in [-0.39, 0.29) is 11.9 Å². The molecule has 118 valence electrons. The van der Waals surface area contributed by atoms with Crippen LogP contribution < -0.4 is 5.32 Å². The highest BCUT2D eigenvalue weighted by Crippen LogP contribution is 2.38. The highest BCUT2D eigenvalue weighted by atomic mass is 16.5. The molecule has 1 aliphatic carbocycles. The van der Waals surface area contributed by atoms with E-state index in [2.05, 4.69) is 12.2 Å². The lowest BCUT2D eigenvalue weighted by atomic mass is 9.85. The average Bonchev–Trinajstić information content (AvgIpc) is 2.89. The fourth-order valence-corrected chi connectivity index (χ4v) is 3.04. The van der Waals surface area contributed by atoms with Gasteiger partial charge >= 0.3 is 5.97 Å². The van der Waals surface area contributed by atoms with Crippen LogP contribution >= 0.6 is 0 Å². The Morgan fingerprint density at radius 1 is 1.25 bits per heavy atom. The van der Waals surface area contributed by atoms with E-state index in [1.165, 1.54) is 7.11 Å². The van der Waals surface area contributed by atoms with E-state index in [0.29, 0.717) is 19.8 Å². The minimum atomic E-state index is -0.517. The van der Waals surface area contributed by atoms with Gasteiger partial charge in [0.2, 0.25) is 0 Å². The molecule has 0 amide bonds. The van der Waals surface area contributed by atoms with Crippen molar-refractivity contribution in [1.82, 2.24) is 5.32 Å². The van der Waals surface area contributed by atoms with Crippen molar-refractivity contribution in [2.45, 2.75) is 44.6 Å². The normalized spacial score (nSPS) is 25.9. The number of hydrogen-bond acceptors (Lipinski definition) is 5. The van der Waals surface area contributed by atoms with E-state index in [1.807, 2.05) is 7.05 Å². The molecule has 0 saturated heterocycles. The van der Waals surface area contributed by atoms with Crippen molar-refractivity contribution < 1.29 is 19.0 Å². The summed E-state index contributed by atoms with van der Waals surface area (Å²) >= 11 is 0. The molecule has 2 unspecified atom stereocenters. The summed E-state index contributed by atoms with van der Waals surface area (Å²) in [6.45, 7) is 4.81. The van der Waals surface area contributed by atoms with Crippen LogP contribution in [0.1, 0.15) is 39.0 Å². The lowest BCUT2D eigenvalue weighted by Gasteiger charge is -2.32. The van der Waals surface area contributed by atoms with Gasteiger partial charge in [0.05, 0.1) is 20.3 Å². The molecular formula is C15H29NO4. The van der Waals surface area contributed by atoms with Gasteiger partial charge in [-0.2, -0.15) is 0 Å². The first-order valence-electron chi connectivity index (χ1n) is 7.64. The molecule has 1 saturated carbocycles. The molecule has 0 bridgehead atoms. The molecule has 0 radical (unpaired) electrons. The first-order chi connectivity index (χ1) is 9.71. The van der Waals surface area contributed by atoms with Gasteiger partial charge in [0.15, 0.2) is 0 Å². The number of carbonyl (C=O) groups excluding carboxylic acids is 1. The number of ether oxygens (including phenoxy) is 3. The predicted molar refractivity (Wildman–Crippen MR) is 77.7 cm³/mol. The molecule has 1 fully saturated rings. The molecule has 0 aliphatic heterocycles. The maximum absolute atomic E-state index is 12.0. The van der Waals surface area contributed by atoms with Gasteiger partial charge in [-0.3, -0.25) is 4.79 Å². The summed E-state index contributed by atoms with van der Waals surface area (Å²) in [7, 11) is 3.30. The zero-order chi connectivity index (χ0) is 14.8. The molecule has 0 aromatic carbocycles. The molecule has 0 aromatic rings. The molecule has 20 heavy (non-hydrogen) atoms. The number of methoxy groups -OCH3 is 1. The van der Waals surface area contributed by atoms with Gasteiger partial charge in [0, 0.05) is 13.2 Å². The van der Waals surface area contributed by atoms with Gasteiger partial charge in [-0.1, -0.05) is 13.3 Å². The third-order valence-corrected chi connectivity index (χ3v) is 4.15. The van der Waals surface area contributed by atoms with Crippen LogP contribution in [0.4, 0.5) is 0 Å². The quantitative estimate of drug-likeness (QED) is 0.490. The highest BCUT2D eigenvalue weighted by Gasteiger charge is 2.48. The van der Waals surface area contributed by atoms with Crippen molar-refractivity contribution in [2.24, 2.45) is 5.92 Å². The molecule has 1 N–H and O–H groups in total. The van der Waals surface area contributed by atoms with E-state index >= 15 is 0 Å². The molecule has 0 aromatic heterocycles. The van der Waals surface area contributed by atoms with E-state index in [4.69, 9.17) is 14.2 Å². The Bertz CT molecular complexity index is 285. The Balaban J connectivity index is 2.29. The molecule has 1 rings (SSSR count). The molecule has 0 heterocycles. The molecule has 0 spiro atoms. The largest absolute Gasteiger partial charge is 0.468 e. The van der Waals surface area contributed by atoms with E-state index < -0.39 is 5.54 Å². The number of esters is 1. The highest BCUT2D eigenvalue weighted by molar-refractivity contribution is 5.81. The van der Waals surface area contributed by atoms with E-state index in [1.54, 1.807) is 0 Å². The summed E-state index contributed by atoms with van der Waals surface area (Å²) in [5, 5.41) is 3.19. The van der Waals surface area contributed by atoms with Crippen LogP contribution in [0, 0.1) is 5.92 Å². The van der Waals surface area contributed by atoms with Gasteiger partial charge in [0.1, 0.15) is 5.54 Å². The zero-order valence-corrected chi connectivity index (χ0v) is 13.1. The van der Waals surface area contributed by atoms with E-state index in [9.17, 15) is 4.79 Å². The molecule has 2 atom stereocenters. The summed E-state index contributed by atoms with van der Waals surface area (Å²) in [6.07, 6.45) is 4.86. The minimum absolute atomic E-state index is 0.145. The van der Waals surface area contributed by atoms with Crippen molar-refractivity contribution in [3.05, 3.63) is 0 Å². The third-order valence-electron chi connectivity index (χ3n) is 4.15. The number of nitrogens with one attached hydrogen (secondary N) is 1. The first kappa shape index (κ1) is 17.4. The number of hydrogen-bond donors (Lipinski definition) is 1. The fraction of sp³-hybridized carbons (Fsp3) is 0.933. The van der Waals surface area contributed by atoms with Crippen LogP contribution in [-0.4, -0.2) is 52.1 Å². The number of carbonyl (C=O) groups is 1. The van der Waals surface area contributed by atoms with Gasteiger partial charge in [-0.25, -0.2) is 0 Å². The molecular weight excluding hydrogens is 258 g/mol. The van der Waals surface area contributed by atoms with Crippen molar-refractivity contribution in [2.75, 3.05) is 40.6 Å². The lowest BCUT2D eigenvalue weighted by Crippen LogP contribution is -2.54. The summed E-state index contributed by atoms with van der Waals surface area (Å²) in [4.78, 5) is 12.0. The summed E-state index contributed by atoms with van der Waals surface area (Å²) in [6, 6.07) is 0. The Kier molecular flexibility index (Phi) is 8.11. The van der Waals surface area contributed by atoms with Crippen molar-refractivity contribution >= 4 is 5.97 Å². The first-order valence-corrected chi connectivity index (χ1v) is 7.64. The summed E-state index contributed by atoms with van der Waals surface area (Å²) in [5.41, 5.74) is -0.517. The Labute approximate surface area is 122 Å². The van der Waals surface area contributed by atoms with Crippen LogP contribution in [0.15, 0.2) is 0 Å². The van der Waals surface area contributed by atoms with Crippen LogP contribution in [0.3, 0.4) is 0 Å². The van der Waals surface area contributed by atoms with Crippen molar-refractivity contribution in [3.63, 3.8) is 0 Å². The van der Waals surface area contributed by atoms with Gasteiger partial charge < -0.3 is 19.5 Å². The zero-order valence-electron chi connectivity index (χ0n) is 13.1. The van der Waals surface area contributed by atoms with Crippen LogP contribution in [0.2, 0.25) is 0 Å². The molecule has 5 nitrogen and oxygen atoms in total. The van der Waals surface area contributed by atoms with Gasteiger partial charge in [0.25, 0.3) is 0 Å². The maximum atomic E-state index is 12.0. The van der Waals surface area contributed by atoms with Crippen LogP contribution in [0.25, 0.3) is 0 Å². The Morgan fingerprint density at radius 2 is 1.95 bits per heavy atom. The van der Waals surface area contributed by atoms with Gasteiger partial charge in [-0.15, -0.1) is 0 Å². The summed E-state index contributed by atoms with van der Waals surface area (Å²) < 4.78 is 15.9. The SMILES string of the molecule is CCCOCCOCCC1CCCC1(NC)C(=O)OC. The van der Waals surface area contributed by atoms with Crippen LogP contribution in [0.5, 0.6) is 0 Å². The van der Waals surface area contributed by atoms with Crippen molar-refractivity contribution in [1.29, 1.82) is 0 Å². The van der Waals surface area contributed by atoms with Crippen molar-refractivity contribution in [3.8, 4) is 0 Å². The second-order valence-electron chi connectivity index (χ2n) is 5.32. The molecule has 5 heteroatoms. The number of likely N-dealkylation sites (N-methyl/N-ethyl adjacent to an activating group) is 1. The smallest absolute Gasteiger partial charge is 0.326 e. The topological polar surface area (TPSA) is 56.8 Å². The lowest BCUT2D eigenvalue weighted by molar-refractivity contribution is -0.150. The predicted octanol–water partition coefficient (Wildman–Crippen LogP) is 1.75. The minimum Gasteiger partial charge on any atom is -0.468 e.